The Morgan fingerprint density at radius 3 is 2.47 bits per heavy atom. The fourth-order valence-corrected chi connectivity index (χ4v) is 5.02. The topological polar surface area (TPSA) is 139 Å². The summed E-state index contributed by atoms with van der Waals surface area (Å²) >= 11 is 0. The van der Waals surface area contributed by atoms with Gasteiger partial charge in [0.2, 0.25) is 5.91 Å². The molecule has 9 heteroatoms. The molecule has 8 nitrogen and oxygen atoms in total. The fraction of sp³-hybridized carbons (Fsp3) is 0.172. The normalized spacial score (nSPS) is 14.4. The Bertz CT molecular complexity index is 1690. The van der Waals surface area contributed by atoms with E-state index in [0.29, 0.717) is 39.6 Å². The number of imidazole rings is 1. The Morgan fingerprint density at radius 2 is 1.82 bits per heavy atom. The highest BCUT2D eigenvalue weighted by Crippen LogP contribution is 2.39. The van der Waals surface area contributed by atoms with Crippen molar-refractivity contribution >= 4 is 22.9 Å². The SMILES string of the molecule is NC(=O)c1cc(-c2ccc3nc(-c4cccnc4N)n(-c4ccc(C5(N)CCC5)cc4)c3n2)ccc1CF. The van der Waals surface area contributed by atoms with Crippen LogP contribution >= 0.6 is 0 Å². The zero-order valence-corrected chi connectivity index (χ0v) is 20.6. The van der Waals surface area contributed by atoms with E-state index in [1.807, 2.05) is 41.0 Å². The third kappa shape index (κ3) is 3.88. The highest BCUT2D eigenvalue weighted by molar-refractivity contribution is 5.96. The number of carbonyl (C=O) groups is 1. The van der Waals surface area contributed by atoms with Gasteiger partial charge in [-0.05, 0) is 72.9 Å². The van der Waals surface area contributed by atoms with Gasteiger partial charge in [0, 0.05) is 28.6 Å². The second-order valence-corrected chi connectivity index (χ2v) is 9.67. The molecule has 0 radical (unpaired) electrons. The van der Waals surface area contributed by atoms with Crippen molar-refractivity contribution in [3.8, 4) is 28.3 Å². The number of amides is 1. The molecular formula is C29H26FN7O. The number of carbonyl (C=O) groups excluding carboxylic acids is 1. The molecule has 3 heterocycles. The number of hydrogen-bond donors (Lipinski definition) is 3. The van der Waals surface area contributed by atoms with E-state index in [1.54, 1.807) is 24.4 Å². The van der Waals surface area contributed by atoms with E-state index in [-0.39, 0.29) is 16.7 Å². The van der Waals surface area contributed by atoms with Crippen molar-refractivity contribution in [1.29, 1.82) is 0 Å². The maximum Gasteiger partial charge on any atom is 0.249 e. The highest BCUT2D eigenvalue weighted by Gasteiger charge is 2.34. The van der Waals surface area contributed by atoms with E-state index in [0.717, 1.165) is 30.5 Å². The third-order valence-electron chi connectivity index (χ3n) is 7.35. The molecule has 3 aromatic heterocycles. The predicted molar refractivity (Wildman–Crippen MR) is 145 cm³/mol. The van der Waals surface area contributed by atoms with Gasteiger partial charge in [-0.15, -0.1) is 0 Å². The Morgan fingerprint density at radius 1 is 1.03 bits per heavy atom. The van der Waals surface area contributed by atoms with Gasteiger partial charge in [-0.2, -0.15) is 0 Å². The average Bonchev–Trinajstić information content (AvgIpc) is 3.30. The van der Waals surface area contributed by atoms with Gasteiger partial charge in [0.25, 0.3) is 0 Å². The van der Waals surface area contributed by atoms with Crippen LogP contribution < -0.4 is 17.2 Å². The van der Waals surface area contributed by atoms with Crippen LogP contribution in [0.1, 0.15) is 40.7 Å². The number of aromatic nitrogens is 4. The molecule has 1 aliphatic rings. The summed E-state index contributed by atoms with van der Waals surface area (Å²) < 4.78 is 15.3. The van der Waals surface area contributed by atoms with Crippen molar-refractivity contribution in [3.63, 3.8) is 0 Å². The van der Waals surface area contributed by atoms with Gasteiger partial charge in [-0.25, -0.2) is 19.3 Å². The number of fused-ring (bicyclic) bond motifs is 1. The number of nitrogen functional groups attached to an aromatic ring is 1. The van der Waals surface area contributed by atoms with Crippen LogP contribution in [0.25, 0.3) is 39.5 Å². The molecule has 0 spiro atoms. The van der Waals surface area contributed by atoms with Gasteiger partial charge >= 0.3 is 0 Å². The van der Waals surface area contributed by atoms with Crippen LogP contribution in [0.3, 0.4) is 0 Å². The average molecular weight is 508 g/mol. The van der Waals surface area contributed by atoms with Crippen LogP contribution in [0.5, 0.6) is 0 Å². The minimum absolute atomic E-state index is 0.131. The maximum atomic E-state index is 13.4. The lowest BCUT2D eigenvalue weighted by molar-refractivity contribution is 0.0998. The van der Waals surface area contributed by atoms with Crippen molar-refractivity contribution in [2.24, 2.45) is 11.5 Å². The first-order valence-corrected chi connectivity index (χ1v) is 12.4. The van der Waals surface area contributed by atoms with E-state index in [9.17, 15) is 9.18 Å². The van der Waals surface area contributed by atoms with Gasteiger partial charge in [0.05, 0.1) is 11.3 Å². The summed E-state index contributed by atoms with van der Waals surface area (Å²) in [6.45, 7) is -0.784. The third-order valence-corrected chi connectivity index (χ3v) is 7.35. The zero-order chi connectivity index (χ0) is 26.4. The lowest BCUT2D eigenvalue weighted by Crippen LogP contribution is -2.43. The smallest absolute Gasteiger partial charge is 0.249 e. The van der Waals surface area contributed by atoms with Crippen molar-refractivity contribution in [1.82, 2.24) is 19.5 Å². The molecule has 5 aromatic rings. The number of pyridine rings is 2. The summed E-state index contributed by atoms with van der Waals surface area (Å²) in [6.07, 6.45) is 4.70. The molecule has 0 aliphatic heterocycles. The Balaban J connectivity index is 1.55. The lowest BCUT2D eigenvalue weighted by atomic mass is 9.73. The van der Waals surface area contributed by atoms with Crippen LogP contribution in [-0.4, -0.2) is 25.4 Å². The number of rotatable bonds is 6. The number of nitrogens with two attached hydrogens (primary N) is 3. The van der Waals surface area contributed by atoms with Crippen molar-refractivity contribution < 1.29 is 9.18 Å². The summed E-state index contributed by atoms with van der Waals surface area (Å²) in [6, 6.07) is 20.3. The van der Waals surface area contributed by atoms with Crippen LogP contribution in [0.4, 0.5) is 10.2 Å². The van der Waals surface area contributed by atoms with Crippen molar-refractivity contribution in [2.75, 3.05) is 5.73 Å². The summed E-state index contributed by atoms with van der Waals surface area (Å²) in [5.74, 6) is 0.257. The highest BCUT2D eigenvalue weighted by atomic mass is 19.1. The first-order chi connectivity index (χ1) is 18.4. The van der Waals surface area contributed by atoms with Crippen LogP contribution in [0.2, 0.25) is 0 Å². The number of anilines is 1. The fourth-order valence-electron chi connectivity index (χ4n) is 5.02. The first kappa shape index (κ1) is 23.7. The second kappa shape index (κ2) is 9.04. The standard InChI is InChI=1S/C29H26FN7O/c30-16-18-5-4-17(15-22(18)26(32)38)23-10-11-24-28(35-23)37(27(36-24)21-3-1-14-34-25(21)31)20-8-6-19(7-9-20)29(33)12-2-13-29/h1,3-11,14-15H,2,12-13,16,33H2,(H2,31,34)(H2,32,38). The largest absolute Gasteiger partial charge is 0.383 e. The molecule has 0 bridgehead atoms. The monoisotopic (exact) mass is 507 g/mol. The van der Waals surface area contributed by atoms with E-state index in [4.69, 9.17) is 27.2 Å². The van der Waals surface area contributed by atoms with Gasteiger partial charge < -0.3 is 17.2 Å². The molecule has 190 valence electrons. The van der Waals surface area contributed by atoms with E-state index in [1.165, 1.54) is 0 Å². The molecule has 1 saturated carbocycles. The van der Waals surface area contributed by atoms with Crippen LogP contribution in [0.15, 0.2) is 72.9 Å². The Hall–Kier alpha value is -4.63. The maximum absolute atomic E-state index is 13.4. The van der Waals surface area contributed by atoms with Crippen LogP contribution in [0, 0.1) is 0 Å². The molecule has 1 amide bonds. The van der Waals surface area contributed by atoms with Gasteiger partial charge in [-0.3, -0.25) is 9.36 Å². The molecule has 1 fully saturated rings. The Kier molecular flexibility index (Phi) is 5.65. The van der Waals surface area contributed by atoms with E-state index in [2.05, 4.69) is 17.1 Å². The summed E-state index contributed by atoms with van der Waals surface area (Å²) in [5.41, 5.74) is 23.5. The number of primary amides is 1. The molecule has 0 saturated heterocycles. The number of benzene rings is 2. The summed E-state index contributed by atoms with van der Waals surface area (Å²) in [7, 11) is 0. The molecule has 0 unspecified atom stereocenters. The number of halogens is 1. The summed E-state index contributed by atoms with van der Waals surface area (Å²) in [5, 5.41) is 0. The molecular weight excluding hydrogens is 481 g/mol. The van der Waals surface area contributed by atoms with Gasteiger partial charge in [0.1, 0.15) is 18.0 Å². The number of nitrogens with zero attached hydrogens (tertiary/aromatic N) is 4. The van der Waals surface area contributed by atoms with E-state index < -0.39 is 12.6 Å². The number of hydrogen-bond acceptors (Lipinski definition) is 6. The number of alkyl halides is 1. The molecule has 0 atom stereocenters. The van der Waals surface area contributed by atoms with Gasteiger partial charge in [-0.1, -0.05) is 24.3 Å². The predicted octanol–water partition coefficient (Wildman–Crippen LogP) is 4.64. The van der Waals surface area contributed by atoms with Crippen molar-refractivity contribution in [2.45, 2.75) is 31.5 Å². The summed E-state index contributed by atoms with van der Waals surface area (Å²) in [4.78, 5) is 26.0. The molecule has 2 aromatic carbocycles. The zero-order valence-electron chi connectivity index (χ0n) is 20.6. The van der Waals surface area contributed by atoms with Gasteiger partial charge in [0.15, 0.2) is 11.5 Å². The Labute approximate surface area is 218 Å². The molecule has 1 aliphatic carbocycles. The second-order valence-electron chi connectivity index (χ2n) is 9.67. The first-order valence-electron chi connectivity index (χ1n) is 12.4. The molecule has 6 rings (SSSR count). The minimum Gasteiger partial charge on any atom is -0.383 e. The van der Waals surface area contributed by atoms with Crippen molar-refractivity contribution in [3.05, 3.63) is 89.6 Å². The lowest BCUT2D eigenvalue weighted by Gasteiger charge is -2.38. The van der Waals surface area contributed by atoms with E-state index >= 15 is 0 Å². The van der Waals surface area contributed by atoms with Crippen LogP contribution in [-0.2, 0) is 12.2 Å². The molecule has 38 heavy (non-hydrogen) atoms. The molecule has 6 N–H and O–H groups in total. The minimum atomic E-state index is -0.784. The quantitative estimate of drug-likeness (QED) is 0.306.